The van der Waals surface area contributed by atoms with Gasteiger partial charge in [-0.1, -0.05) is 18.0 Å². The van der Waals surface area contributed by atoms with Crippen LogP contribution >= 0.6 is 0 Å². The Balaban J connectivity index is 2.03. The molecule has 2 aliphatic rings. The third-order valence-corrected chi connectivity index (χ3v) is 3.08. The molecule has 1 N–H and O–H groups in total. The molecule has 1 aliphatic carbocycles. The maximum absolute atomic E-state index is 10.3. The zero-order chi connectivity index (χ0) is 7.68. The molecule has 1 saturated heterocycles. The second kappa shape index (κ2) is 2.89. The number of hydrogen-bond donors (Lipinski definition) is 1. The number of fused-ring (bicyclic) bond motifs is 1. The van der Waals surface area contributed by atoms with E-state index >= 15 is 0 Å². The van der Waals surface area contributed by atoms with E-state index in [9.17, 15) is 4.91 Å². The minimum absolute atomic E-state index is 0.0692. The Kier molecular flexibility index (Phi) is 1.90. The zero-order valence-corrected chi connectivity index (χ0v) is 6.62. The van der Waals surface area contributed by atoms with Gasteiger partial charge in [0.1, 0.15) is 6.17 Å². The highest BCUT2D eigenvalue weighted by Crippen LogP contribution is 2.35. The molecule has 0 radical (unpaired) electrons. The second-order valence-corrected chi connectivity index (χ2v) is 3.67. The fourth-order valence-electron chi connectivity index (χ4n) is 2.44. The highest BCUT2D eigenvalue weighted by molar-refractivity contribution is 4.90. The maximum Gasteiger partial charge on any atom is 0.145 e. The summed E-state index contributed by atoms with van der Waals surface area (Å²) in [6, 6.07) is 0. The zero-order valence-electron chi connectivity index (χ0n) is 6.62. The van der Waals surface area contributed by atoms with Crippen LogP contribution < -0.4 is 5.32 Å². The Morgan fingerprint density at radius 1 is 1.27 bits per heavy atom. The molecule has 0 amide bonds. The predicted octanol–water partition coefficient (Wildman–Crippen LogP) is 1.49. The molecule has 0 aromatic carbocycles. The van der Waals surface area contributed by atoms with Gasteiger partial charge in [-0.25, -0.2) is 0 Å². The molecule has 2 rings (SSSR count). The van der Waals surface area contributed by atoms with Crippen molar-refractivity contribution in [3.8, 4) is 0 Å². The Morgan fingerprint density at radius 2 is 2.09 bits per heavy atom. The monoisotopic (exact) mass is 154 g/mol. The van der Waals surface area contributed by atoms with Gasteiger partial charge >= 0.3 is 0 Å². The summed E-state index contributed by atoms with van der Waals surface area (Å²) in [5.41, 5.74) is 0. The minimum Gasteiger partial charge on any atom is -0.292 e. The van der Waals surface area contributed by atoms with Gasteiger partial charge in [-0.15, -0.1) is 4.91 Å². The van der Waals surface area contributed by atoms with Crippen molar-refractivity contribution in [2.24, 2.45) is 17.0 Å². The van der Waals surface area contributed by atoms with Crippen molar-refractivity contribution >= 4 is 0 Å². The van der Waals surface area contributed by atoms with Crippen LogP contribution in [0.2, 0.25) is 0 Å². The SMILES string of the molecule is O=NC1NC[C@@H]2CCCC[C@H]12. The quantitative estimate of drug-likeness (QED) is 0.581. The van der Waals surface area contributed by atoms with E-state index in [1.165, 1.54) is 25.7 Å². The molecule has 1 heterocycles. The second-order valence-electron chi connectivity index (χ2n) is 3.67. The molecule has 3 heteroatoms. The lowest BCUT2D eigenvalue weighted by Crippen LogP contribution is -2.25. The molecule has 1 unspecified atom stereocenters. The van der Waals surface area contributed by atoms with Crippen molar-refractivity contribution in [3.63, 3.8) is 0 Å². The van der Waals surface area contributed by atoms with E-state index in [2.05, 4.69) is 10.5 Å². The Hall–Kier alpha value is -0.440. The molecule has 11 heavy (non-hydrogen) atoms. The van der Waals surface area contributed by atoms with Gasteiger partial charge in [0.2, 0.25) is 0 Å². The average Bonchev–Trinajstić information content (AvgIpc) is 2.47. The van der Waals surface area contributed by atoms with Gasteiger partial charge in [-0.2, -0.15) is 0 Å². The molecule has 3 atom stereocenters. The molecule has 1 aliphatic heterocycles. The molecule has 2 fully saturated rings. The van der Waals surface area contributed by atoms with Gasteiger partial charge in [0.25, 0.3) is 0 Å². The van der Waals surface area contributed by atoms with Crippen LogP contribution in [-0.2, 0) is 0 Å². The van der Waals surface area contributed by atoms with E-state index in [-0.39, 0.29) is 6.17 Å². The fraction of sp³-hybridized carbons (Fsp3) is 1.00. The standard InChI is InChI=1S/C8H14N2O/c11-10-8-7-4-2-1-3-6(7)5-9-8/h6-9H,1-5H2/t6-,7-,8?/m0/s1. The summed E-state index contributed by atoms with van der Waals surface area (Å²) in [6.07, 6.45) is 5.06. The summed E-state index contributed by atoms with van der Waals surface area (Å²) < 4.78 is 0. The molecule has 0 aromatic rings. The maximum atomic E-state index is 10.3. The van der Waals surface area contributed by atoms with E-state index < -0.39 is 0 Å². The smallest absolute Gasteiger partial charge is 0.145 e. The first-order valence-electron chi connectivity index (χ1n) is 4.47. The minimum atomic E-state index is -0.0692. The Bertz CT molecular complexity index is 160. The normalized spacial score (nSPS) is 43.5. The number of nitroso groups, excluding NO2 is 1. The summed E-state index contributed by atoms with van der Waals surface area (Å²) >= 11 is 0. The Labute approximate surface area is 66.5 Å². The summed E-state index contributed by atoms with van der Waals surface area (Å²) in [7, 11) is 0. The van der Waals surface area contributed by atoms with Gasteiger partial charge in [0.15, 0.2) is 0 Å². The molecule has 0 spiro atoms. The summed E-state index contributed by atoms with van der Waals surface area (Å²) in [4.78, 5) is 10.3. The van der Waals surface area contributed by atoms with Crippen molar-refractivity contribution in [1.29, 1.82) is 0 Å². The van der Waals surface area contributed by atoms with Crippen molar-refractivity contribution in [2.45, 2.75) is 31.8 Å². The van der Waals surface area contributed by atoms with Crippen LogP contribution in [0.25, 0.3) is 0 Å². The Morgan fingerprint density at radius 3 is 2.91 bits per heavy atom. The number of nitrogens with one attached hydrogen (secondary N) is 1. The molecule has 62 valence electrons. The van der Waals surface area contributed by atoms with Crippen LogP contribution in [0.3, 0.4) is 0 Å². The first-order valence-corrected chi connectivity index (χ1v) is 4.47. The first kappa shape index (κ1) is 7.22. The van der Waals surface area contributed by atoms with Crippen LogP contribution in [-0.4, -0.2) is 12.7 Å². The van der Waals surface area contributed by atoms with Gasteiger partial charge < -0.3 is 0 Å². The molecule has 0 bridgehead atoms. The lowest BCUT2D eigenvalue weighted by atomic mass is 9.80. The van der Waals surface area contributed by atoms with Crippen LogP contribution in [0, 0.1) is 16.7 Å². The van der Waals surface area contributed by atoms with Crippen molar-refractivity contribution in [3.05, 3.63) is 4.91 Å². The van der Waals surface area contributed by atoms with Crippen LogP contribution in [0.4, 0.5) is 0 Å². The van der Waals surface area contributed by atoms with Crippen molar-refractivity contribution < 1.29 is 0 Å². The molecular weight excluding hydrogens is 140 g/mol. The number of rotatable bonds is 1. The highest BCUT2D eigenvalue weighted by Gasteiger charge is 2.37. The third-order valence-electron chi connectivity index (χ3n) is 3.08. The van der Waals surface area contributed by atoms with Gasteiger partial charge in [-0.05, 0) is 18.8 Å². The molecular formula is C8H14N2O. The van der Waals surface area contributed by atoms with E-state index in [1.54, 1.807) is 0 Å². The highest BCUT2D eigenvalue weighted by atomic mass is 16.3. The fourth-order valence-corrected chi connectivity index (χ4v) is 2.44. The summed E-state index contributed by atoms with van der Waals surface area (Å²) in [5, 5.41) is 6.28. The first-order chi connectivity index (χ1) is 5.42. The predicted molar refractivity (Wildman–Crippen MR) is 43.0 cm³/mol. The average molecular weight is 154 g/mol. The van der Waals surface area contributed by atoms with Crippen molar-refractivity contribution in [2.75, 3.05) is 6.54 Å². The van der Waals surface area contributed by atoms with E-state index in [0.29, 0.717) is 5.92 Å². The largest absolute Gasteiger partial charge is 0.292 e. The third kappa shape index (κ3) is 1.18. The molecule has 3 nitrogen and oxygen atoms in total. The van der Waals surface area contributed by atoms with E-state index in [1.807, 2.05) is 0 Å². The van der Waals surface area contributed by atoms with Crippen LogP contribution in [0.15, 0.2) is 5.18 Å². The number of nitrogens with zero attached hydrogens (tertiary/aromatic N) is 1. The lowest BCUT2D eigenvalue weighted by molar-refractivity contribution is 0.267. The molecule has 0 aromatic heterocycles. The summed E-state index contributed by atoms with van der Waals surface area (Å²) in [5.74, 6) is 1.30. The van der Waals surface area contributed by atoms with Crippen LogP contribution in [0.5, 0.6) is 0 Å². The van der Waals surface area contributed by atoms with Gasteiger partial charge in [0.05, 0.1) is 0 Å². The number of hydrogen-bond acceptors (Lipinski definition) is 3. The summed E-state index contributed by atoms with van der Waals surface area (Å²) in [6.45, 7) is 1.01. The van der Waals surface area contributed by atoms with E-state index in [0.717, 1.165) is 12.5 Å². The van der Waals surface area contributed by atoms with Gasteiger partial charge in [0, 0.05) is 12.5 Å². The van der Waals surface area contributed by atoms with Gasteiger partial charge in [-0.3, -0.25) is 5.32 Å². The topological polar surface area (TPSA) is 41.5 Å². The molecule has 1 saturated carbocycles. The lowest BCUT2D eigenvalue weighted by Gasteiger charge is -2.24. The van der Waals surface area contributed by atoms with E-state index in [4.69, 9.17) is 0 Å². The van der Waals surface area contributed by atoms with Crippen molar-refractivity contribution in [1.82, 2.24) is 5.32 Å². The van der Waals surface area contributed by atoms with Crippen LogP contribution in [0.1, 0.15) is 25.7 Å².